The molecule has 4 rings (SSSR count). The van der Waals surface area contributed by atoms with Crippen molar-refractivity contribution in [2.45, 2.75) is 31.2 Å². The lowest BCUT2D eigenvalue weighted by molar-refractivity contribution is 0.363. The summed E-state index contributed by atoms with van der Waals surface area (Å²) in [5.41, 5.74) is 3.57. The van der Waals surface area contributed by atoms with Crippen molar-refractivity contribution in [1.82, 2.24) is 19.9 Å². The van der Waals surface area contributed by atoms with E-state index in [1.54, 1.807) is 17.8 Å². The maximum Gasteiger partial charge on any atom is 0.267 e. The molecule has 0 radical (unpaired) electrons. The van der Waals surface area contributed by atoms with Gasteiger partial charge in [-0.2, -0.15) is 10.1 Å². The SMILES string of the molecule is CSc1ccc(-c2noc(Cn3nc(-c4ccc(C(C)C)cc4)ccc3=O)n2)cc1. The Bertz CT molecular complexity index is 1200. The first-order valence-electron chi connectivity index (χ1n) is 9.69. The van der Waals surface area contributed by atoms with Gasteiger partial charge in [0.05, 0.1) is 5.69 Å². The average Bonchev–Trinajstić information content (AvgIpc) is 3.24. The fourth-order valence-electron chi connectivity index (χ4n) is 3.06. The first kappa shape index (κ1) is 20.1. The van der Waals surface area contributed by atoms with E-state index < -0.39 is 0 Å². The number of nitrogens with zero attached hydrogens (tertiary/aromatic N) is 4. The molecule has 0 fully saturated rings. The van der Waals surface area contributed by atoms with Crippen LogP contribution in [0.15, 0.2) is 74.9 Å². The van der Waals surface area contributed by atoms with E-state index in [9.17, 15) is 4.79 Å². The Morgan fingerprint density at radius 3 is 2.33 bits per heavy atom. The van der Waals surface area contributed by atoms with E-state index in [1.807, 2.05) is 42.7 Å². The van der Waals surface area contributed by atoms with Crippen LogP contribution in [0.3, 0.4) is 0 Å². The second-order valence-corrected chi connectivity index (χ2v) is 8.11. The van der Waals surface area contributed by atoms with Crippen LogP contribution >= 0.6 is 11.8 Å². The summed E-state index contributed by atoms with van der Waals surface area (Å²) >= 11 is 1.67. The summed E-state index contributed by atoms with van der Waals surface area (Å²) in [6.45, 7) is 4.43. The lowest BCUT2D eigenvalue weighted by Gasteiger charge is -2.08. The number of hydrogen-bond donors (Lipinski definition) is 0. The van der Waals surface area contributed by atoms with E-state index in [4.69, 9.17) is 4.52 Å². The highest BCUT2D eigenvalue weighted by atomic mass is 32.2. The Kier molecular flexibility index (Phi) is 5.81. The van der Waals surface area contributed by atoms with E-state index >= 15 is 0 Å². The molecule has 0 atom stereocenters. The van der Waals surface area contributed by atoms with Gasteiger partial charge in [-0.15, -0.1) is 11.8 Å². The van der Waals surface area contributed by atoms with Gasteiger partial charge in [-0.3, -0.25) is 4.79 Å². The number of aromatic nitrogens is 4. The van der Waals surface area contributed by atoms with Crippen molar-refractivity contribution in [3.63, 3.8) is 0 Å². The Hall–Kier alpha value is -3.19. The molecule has 0 N–H and O–H groups in total. The molecule has 7 heteroatoms. The van der Waals surface area contributed by atoms with Crippen molar-refractivity contribution in [2.24, 2.45) is 0 Å². The topological polar surface area (TPSA) is 73.8 Å². The molecule has 0 amide bonds. The maximum absolute atomic E-state index is 12.3. The van der Waals surface area contributed by atoms with Gasteiger partial charge in [-0.05, 0) is 48.1 Å². The molecule has 2 heterocycles. The predicted molar refractivity (Wildman–Crippen MR) is 119 cm³/mol. The highest BCUT2D eigenvalue weighted by Gasteiger charge is 2.12. The summed E-state index contributed by atoms with van der Waals surface area (Å²) in [6.07, 6.45) is 2.03. The smallest absolute Gasteiger partial charge is 0.267 e. The van der Waals surface area contributed by atoms with Crippen molar-refractivity contribution in [3.8, 4) is 22.6 Å². The summed E-state index contributed by atoms with van der Waals surface area (Å²) < 4.78 is 6.70. The van der Waals surface area contributed by atoms with Crippen LogP contribution in [0, 0.1) is 0 Å². The summed E-state index contributed by atoms with van der Waals surface area (Å²) in [7, 11) is 0. The zero-order valence-electron chi connectivity index (χ0n) is 17.1. The lowest BCUT2D eigenvalue weighted by Crippen LogP contribution is -2.23. The van der Waals surface area contributed by atoms with Crippen molar-refractivity contribution < 1.29 is 4.52 Å². The Morgan fingerprint density at radius 1 is 0.967 bits per heavy atom. The van der Waals surface area contributed by atoms with Crippen LogP contribution in [0.4, 0.5) is 0 Å². The molecule has 2 aromatic carbocycles. The van der Waals surface area contributed by atoms with Crippen molar-refractivity contribution in [3.05, 3.63) is 82.5 Å². The van der Waals surface area contributed by atoms with Gasteiger partial charge in [0.15, 0.2) is 0 Å². The first-order valence-corrected chi connectivity index (χ1v) is 10.9. The molecule has 30 heavy (non-hydrogen) atoms. The number of thioether (sulfide) groups is 1. The van der Waals surface area contributed by atoms with Gasteiger partial charge in [0.1, 0.15) is 6.54 Å². The second-order valence-electron chi connectivity index (χ2n) is 7.23. The summed E-state index contributed by atoms with van der Waals surface area (Å²) in [4.78, 5) is 17.9. The summed E-state index contributed by atoms with van der Waals surface area (Å²) in [5.74, 6) is 1.29. The normalized spacial score (nSPS) is 11.2. The molecular formula is C23H22N4O2S. The van der Waals surface area contributed by atoms with Gasteiger partial charge < -0.3 is 4.52 Å². The third-order valence-corrected chi connectivity index (χ3v) is 5.58. The Labute approximate surface area is 179 Å². The van der Waals surface area contributed by atoms with Crippen molar-refractivity contribution in [1.29, 1.82) is 0 Å². The largest absolute Gasteiger partial charge is 0.337 e. The van der Waals surface area contributed by atoms with Crippen LogP contribution < -0.4 is 5.56 Å². The minimum absolute atomic E-state index is 0.118. The zero-order valence-corrected chi connectivity index (χ0v) is 17.9. The van der Waals surface area contributed by atoms with Gasteiger partial charge in [0, 0.05) is 22.1 Å². The van der Waals surface area contributed by atoms with E-state index in [1.165, 1.54) is 16.3 Å². The molecule has 0 spiro atoms. The average molecular weight is 419 g/mol. The highest BCUT2D eigenvalue weighted by Crippen LogP contribution is 2.22. The van der Waals surface area contributed by atoms with Gasteiger partial charge >= 0.3 is 0 Å². The van der Waals surface area contributed by atoms with Gasteiger partial charge in [-0.25, -0.2) is 4.68 Å². The van der Waals surface area contributed by atoms with E-state index in [2.05, 4.69) is 41.2 Å². The van der Waals surface area contributed by atoms with E-state index in [0.717, 1.165) is 21.7 Å². The minimum atomic E-state index is -0.221. The molecule has 0 saturated carbocycles. The zero-order chi connectivity index (χ0) is 21.1. The minimum Gasteiger partial charge on any atom is -0.337 e. The molecular weight excluding hydrogens is 396 g/mol. The highest BCUT2D eigenvalue weighted by molar-refractivity contribution is 7.98. The Morgan fingerprint density at radius 2 is 1.67 bits per heavy atom. The number of hydrogen-bond acceptors (Lipinski definition) is 6. The van der Waals surface area contributed by atoms with Gasteiger partial charge in [0.2, 0.25) is 11.7 Å². The van der Waals surface area contributed by atoms with Crippen LogP contribution in [0.2, 0.25) is 0 Å². The molecule has 0 saturated heterocycles. The van der Waals surface area contributed by atoms with Gasteiger partial charge in [-0.1, -0.05) is 43.3 Å². The standard InChI is InChI=1S/C23H22N4O2S/c1-15(2)16-4-6-17(7-5-16)20-12-13-22(28)27(25-20)14-21-24-23(26-29-21)18-8-10-19(30-3)11-9-18/h4-13,15H,14H2,1-3H3. The molecule has 0 bridgehead atoms. The van der Waals surface area contributed by atoms with Crippen LogP contribution in [-0.4, -0.2) is 26.2 Å². The molecule has 6 nitrogen and oxygen atoms in total. The molecule has 4 aromatic rings. The summed E-state index contributed by atoms with van der Waals surface area (Å²) in [6, 6.07) is 19.4. The summed E-state index contributed by atoms with van der Waals surface area (Å²) in [5, 5.41) is 8.53. The Balaban J connectivity index is 1.57. The predicted octanol–water partition coefficient (Wildman–Crippen LogP) is 4.85. The number of rotatable bonds is 6. The quantitative estimate of drug-likeness (QED) is 0.417. The second kappa shape index (κ2) is 8.67. The molecule has 0 aliphatic carbocycles. The van der Waals surface area contributed by atoms with Crippen LogP contribution in [0.5, 0.6) is 0 Å². The molecule has 152 valence electrons. The van der Waals surface area contributed by atoms with Crippen LogP contribution in [0.25, 0.3) is 22.6 Å². The molecule has 2 aromatic heterocycles. The number of benzene rings is 2. The molecule has 0 aliphatic rings. The van der Waals surface area contributed by atoms with Crippen LogP contribution in [0.1, 0.15) is 31.2 Å². The lowest BCUT2D eigenvalue weighted by atomic mass is 10.0. The molecule has 0 unspecified atom stereocenters. The first-order chi connectivity index (χ1) is 14.5. The fourth-order valence-corrected chi connectivity index (χ4v) is 3.47. The van der Waals surface area contributed by atoms with Crippen molar-refractivity contribution in [2.75, 3.05) is 6.26 Å². The fraction of sp³-hybridized carbons (Fsp3) is 0.217. The van der Waals surface area contributed by atoms with Crippen LogP contribution in [-0.2, 0) is 6.54 Å². The van der Waals surface area contributed by atoms with Gasteiger partial charge in [0.25, 0.3) is 5.56 Å². The maximum atomic E-state index is 12.3. The third kappa shape index (κ3) is 4.36. The van der Waals surface area contributed by atoms with E-state index in [0.29, 0.717) is 17.6 Å². The van der Waals surface area contributed by atoms with E-state index in [-0.39, 0.29) is 12.1 Å². The molecule has 0 aliphatic heterocycles. The monoisotopic (exact) mass is 418 g/mol. The van der Waals surface area contributed by atoms with Crippen molar-refractivity contribution >= 4 is 11.8 Å². The third-order valence-electron chi connectivity index (χ3n) is 4.84.